The third-order valence-electron chi connectivity index (χ3n) is 1.80. The molecule has 0 bridgehead atoms. The Morgan fingerprint density at radius 3 is 2.27 bits per heavy atom. The molecule has 4 nitrogen and oxygen atoms in total. The molecule has 0 heterocycles. The molecule has 0 spiro atoms. The second kappa shape index (κ2) is 8.26. The molecule has 0 amide bonds. The summed E-state index contributed by atoms with van der Waals surface area (Å²) in [5.74, 6) is -0.627. The molecule has 15 heavy (non-hydrogen) atoms. The van der Waals surface area contributed by atoms with Gasteiger partial charge in [-0.05, 0) is 6.42 Å². The van der Waals surface area contributed by atoms with Crippen LogP contribution in [0.3, 0.4) is 0 Å². The van der Waals surface area contributed by atoms with Crippen molar-refractivity contribution in [3.05, 3.63) is 0 Å². The van der Waals surface area contributed by atoms with Crippen molar-refractivity contribution in [3.63, 3.8) is 0 Å². The molecule has 0 rings (SSSR count). The minimum atomic E-state index is -0.264. The van der Waals surface area contributed by atoms with Crippen LogP contribution in [0.5, 0.6) is 0 Å². The van der Waals surface area contributed by atoms with Crippen molar-refractivity contribution in [1.29, 1.82) is 0 Å². The van der Waals surface area contributed by atoms with E-state index in [0.29, 0.717) is 6.42 Å². The van der Waals surface area contributed by atoms with E-state index in [9.17, 15) is 9.59 Å². The number of ether oxygens (including phenoxy) is 2. The highest BCUT2D eigenvalue weighted by Crippen LogP contribution is 1.98. The Bertz CT molecular complexity index is 199. The maximum absolute atomic E-state index is 11.0. The van der Waals surface area contributed by atoms with Crippen LogP contribution >= 0.6 is 0 Å². The summed E-state index contributed by atoms with van der Waals surface area (Å²) >= 11 is 0. The summed E-state index contributed by atoms with van der Waals surface area (Å²) in [5, 5.41) is 0. The van der Waals surface area contributed by atoms with Gasteiger partial charge in [-0.2, -0.15) is 0 Å². The quantitative estimate of drug-likeness (QED) is 0.482. The van der Waals surface area contributed by atoms with Gasteiger partial charge in [-0.15, -0.1) is 0 Å². The summed E-state index contributed by atoms with van der Waals surface area (Å²) in [6.07, 6.45) is 2.25. The van der Waals surface area contributed by atoms with E-state index in [2.05, 4.69) is 0 Å². The molecule has 0 aromatic carbocycles. The fourth-order valence-corrected chi connectivity index (χ4v) is 0.858. The molecular weight excluding hydrogens is 196 g/mol. The van der Waals surface area contributed by atoms with Gasteiger partial charge in [-0.25, -0.2) is 0 Å². The van der Waals surface area contributed by atoms with Crippen molar-refractivity contribution in [3.8, 4) is 0 Å². The van der Waals surface area contributed by atoms with Gasteiger partial charge in [0.25, 0.3) is 0 Å². The van der Waals surface area contributed by atoms with Crippen LogP contribution in [0.2, 0.25) is 0 Å². The molecule has 0 radical (unpaired) electrons. The van der Waals surface area contributed by atoms with Gasteiger partial charge in [0, 0.05) is 6.42 Å². The second-order valence-corrected chi connectivity index (χ2v) is 3.65. The summed E-state index contributed by atoms with van der Waals surface area (Å²) in [6, 6.07) is 0. The van der Waals surface area contributed by atoms with Crippen LogP contribution in [-0.4, -0.2) is 25.2 Å². The molecule has 0 aliphatic carbocycles. The Labute approximate surface area is 90.9 Å². The van der Waals surface area contributed by atoms with Crippen LogP contribution in [0.15, 0.2) is 0 Å². The van der Waals surface area contributed by atoms with E-state index in [1.54, 1.807) is 13.8 Å². The number of unbranched alkanes of at least 4 members (excludes halogenated alkanes) is 1. The van der Waals surface area contributed by atoms with Gasteiger partial charge < -0.3 is 9.47 Å². The summed E-state index contributed by atoms with van der Waals surface area (Å²) < 4.78 is 9.70. The number of rotatable bonds is 7. The molecule has 4 heteroatoms. The van der Waals surface area contributed by atoms with Crippen molar-refractivity contribution in [2.45, 2.75) is 40.0 Å². The molecule has 0 unspecified atom stereocenters. The van der Waals surface area contributed by atoms with Crippen LogP contribution in [0.1, 0.15) is 40.0 Å². The van der Waals surface area contributed by atoms with Crippen LogP contribution in [0.25, 0.3) is 0 Å². The fraction of sp³-hybridized carbons (Fsp3) is 0.818. The van der Waals surface area contributed by atoms with E-state index < -0.39 is 0 Å². The topological polar surface area (TPSA) is 52.6 Å². The molecule has 0 saturated heterocycles. The number of carbonyl (C=O) groups excluding carboxylic acids is 2. The fourth-order valence-electron chi connectivity index (χ4n) is 0.858. The summed E-state index contributed by atoms with van der Waals surface area (Å²) in [5.41, 5.74) is 0. The molecule has 0 fully saturated rings. The number of hydrogen-bond donors (Lipinski definition) is 0. The molecular formula is C11H20O4. The van der Waals surface area contributed by atoms with Gasteiger partial charge in [-0.3, -0.25) is 9.59 Å². The maximum atomic E-state index is 11.0. The molecule has 0 aliphatic rings. The first-order valence-electron chi connectivity index (χ1n) is 5.40. The van der Waals surface area contributed by atoms with Crippen LogP contribution in [-0.2, 0) is 19.1 Å². The van der Waals surface area contributed by atoms with E-state index in [-0.39, 0.29) is 31.1 Å². The molecule has 0 atom stereocenters. The summed E-state index contributed by atoms with van der Waals surface area (Å²) in [6.45, 7) is 5.83. The first kappa shape index (κ1) is 13.9. The number of esters is 2. The lowest BCUT2D eigenvalue weighted by Gasteiger charge is -2.07. The predicted molar refractivity (Wildman–Crippen MR) is 56.3 cm³/mol. The normalized spacial score (nSPS) is 10.1. The van der Waals surface area contributed by atoms with Crippen molar-refractivity contribution in [2.75, 3.05) is 13.2 Å². The van der Waals surface area contributed by atoms with E-state index in [0.717, 1.165) is 12.8 Å². The first-order chi connectivity index (χ1) is 7.07. The van der Waals surface area contributed by atoms with E-state index in [1.807, 2.05) is 6.92 Å². The zero-order chi connectivity index (χ0) is 11.7. The lowest BCUT2D eigenvalue weighted by Crippen LogP contribution is -2.16. The van der Waals surface area contributed by atoms with Gasteiger partial charge in [0.2, 0.25) is 0 Å². The molecule has 0 saturated carbocycles. The predicted octanol–water partition coefficient (Wildman–Crippen LogP) is 1.92. The van der Waals surface area contributed by atoms with E-state index in [1.165, 1.54) is 0 Å². The third kappa shape index (κ3) is 7.97. The van der Waals surface area contributed by atoms with E-state index in [4.69, 9.17) is 9.47 Å². The van der Waals surface area contributed by atoms with E-state index >= 15 is 0 Å². The van der Waals surface area contributed by atoms with Crippen molar-refractivity contribution in [1.82, 2.24) is 0 Å². The van der Waals surface area contributed by atoms with Crippen LogP contribution in [0.4, 0.5) is 0 Å². The SMILES string of the molecule is CCCCC(=O)OCCOC(=O)C(C)C. The standard InChI is InChI=1S/C11H20O4/c1-4-5-6-10(12)14-7-8-15-11(13)9(2)3/h9H,4-8H2,1-3H3. The average Bonchev–Trinajstić information content (AvgIpc) is 2.20. The zero-order valence-corrected chi connectivity index (χ0v) is 9.75. The minimum Gasteiger partial charge on any atom is -0.462 e. The number of hydrogen-bond acceptors (Lipinski definition) is 4. The lowest BCUT2D eigenvalue weighted by molar-refractivity contribution is -0.154. The van der Waals surface area contributed by atoms with Gasteiger partial charge in [0.15, 0.2) is 0 Å². The molecule has 0 aliphatic heterocycles. The maximum Gasteiger partial charge on any atom is 0.308 e. The van der Waals surface area contributed by atoms with Gasteiger partial charge >= 0.3 is 11.9 Å². The largest absolute Gasteiger partial charge is 0.462 e. The molecule has 88 valence electrons. The summed E-state index contributed by atoms with van der Waals surface area (Å²) in [7, 11) is 0. The van der Waals surface area contributed by atoms with Gasteiger partial charge in [0.1, 0.15) is 13.2 Å². The molecule has 0 aromatic heterocycles. The Hall–Kier alpha value is -1.06. The first-order valence-corrected chi connectivity index (χ1v) is 5.40. The molecule has 0 aromatic rings. The Morgan fingerprint density at radius 2 is 1.73 bits per heavy atom. The summed E-state index contributed by atoms with van der Waals surface area (Å²) in [4.78, 5) is 22.0. The Kier molecular flexibility index (Phi) is 7.68. The van der Waals surface area contributed by atoms with Gasteiger partial charge in [0.05, 0.1) is 5.92 Å². The van der Waals surface area contributed by atoms with Crippen LogP contribution in [0, 0.1) is 5.92 Å². The molecule has 0 N–H and O–H groups in total. The average molecular weight is 216 g/mol. The lowest BCUT2D eigenvalue weighted by atomic mass is 10.2. The third-order valence-corrected chi connectivity index (χ3v) is 1.80. The highest BCUT2D eigenvalue weighted by molar-refractivity contribution is 5.71. The van der Waals surface area contributed by atoms with Crippen molar-refractivity contribution < 1.29 is 19.1 Å². The monoisotopic (exact) mass is 216 g/mol. The van der Waals surface area contributed by atoms with Crippen molar-refractivity contribution >= 4 is 11.9 Å². The highest BCUT2D eigenvalue weighted by atomic mass is 16.6. The second-order valence-electron chi connectivity index (χ2n) is 3.65. The number of carbonyl (C=O) groups is 2. The highest BCUT2D eigenvalue weighted by Gasteiger charge is 2.08. The Balaban J connectivity index is 3.38. The Morgan fingerprint density at radius 1 is 1.13 bits per heavy atom. The van der Waals surface area contributed by atoms with Gasteiger partial charge in [-0.1, -0.05) is 27.2 Å². The van der Waals surface area contributed by atoms with Crippen LogP contribution < -0.4 is 0 Å². The minimum absolute atomic E-state index is 0.138. The van der Waals surface area contributed by atoms with Crippen molar-refractivity contribution in [2.24, 2.45) is 5.92 Å². The smallest absolute Gasteiger partial charge is 0.308 e. The zero-order valence-electron chi connectivity index (χ0n) is 9.75.